The molecule has 1 fully saturated rings. The zero-order valence-corrected chi connectivity index (χ0v) is 16.4. The molecular formula is C18H29N3O3S. The summed E-state index contributed by atoms with van der Waals surface area (Å²) in [5, 5.41) is 2.86. The Bertz CT molecular complexity index is 700. The van der Waals surface area contributed by atoms with Gasteiger partial charge in [-0.3, -0.25) is 4.79 Å². The topological polar surface area (TPSA) is 69.7 Å². The largest absolute Gasteiger partial charge is 0.324 e. The molecule has 1 aromatic rings. The third-order valence-corrected chi connectivity index (χ3v) is 6.53. The average Bonchev–Trinajstić information content (AvgIpc) is 2.80. The van der Waals surface area contributed by atoms with Gasteiger partial charge in [-0.2, -0.15) is 17.0 Å². The van der Waals surface area contributed by atoms with Gasteiger partial charge in [0.1, 0.15) is 0 Å². The van der Waals surface area contributed by atoms with Crippen LogP contribution in [0, 0.1) is 20.8 Å². The Morgan fingerprint density at radius 2 is 1.60 bits per heavy atom. The smallest absolute Gasteiger partial charge is 0.282 e. The molecule has 0 aliphatic carbocycles. The maximum absolute atomic E-state index is 12.7. The number of amides is 1. The predicted molar refractivity (Wildman–Crippen MR) is 101 cm³/mol. The monoisotopic (exact) mass is 367 g/mol. The number of carbonyl (C=O) groups is 1. The summed E-state index contributed by atoms with van der Waals surface area (Å²) in [6.07, 6.45) is 3.87. The molecule has 0 bridgehead atoms. The molecule has 25 heavy (non-hydrogen) atoms. The quantitative estimate of drug-likeness (QED) is 0.870. The number of nitrogens with zero attached hydrogens (tertiary/aromatic N) is 2. The summed E-state index contributed by atoms with van der Waals surface area (Å²) >= 11 is 0. The molecule has 1 aliphatic heterocycles. The van der Waals surface area contributed by atoms with Crippen molar-refractivity contribution in [2.75, 3.05) is 32.0 Å². The van der Waals surface area contributed by atoms with Gasteiger partial charge in [0.25, 0.3) is 10.2 Å². The van der Waals surface area contributed by atoms with Gasteiger partial charge >= 0.3 is 0 Å². The second-order valence-electron chi connectivity index (χ2n) is 6.90. The maximum Gasteiger partial charge on any atom is 0.282 e. The molecule has 0 radical (unpaired) electrons. The van der Waals surface area contributed by atoms with E-state index in [9.17, 15) is 13.2 Å². The van der Waals surface area contributed by atoms with E-state index in [1.165, 1.54) is 11.4 Å². The Morgan fingerprint density at radius 3 is 2.12 bits per heavy atom. The highest BCUT2D eigenvalue weighted by atomic mass is 32.2. The van der Waals surface area contributed by atoms with Gasteiger partial charge in [-0.05, 0) is 44.7 Å². The second kappa shape index (κ2) is 8.29. The van der Waals surface area contributed by atoms with Gasteiger partial charge in [0.2, 0.25) is 5.91 Å². The maximum atomic E-state index is 12.7. The number of likely N-dealkylation sites (N-methyl/N-ethyl adjacent to an activating group) is 1. The lowest BCUT2D eigenvalue weighted by Gasteiger charge is -2.26. The van der Waals surface area contributed by atoms with Crippen molar-refractivity contribution >= 4 is 21.8 Å². The molecule has 1 N–H and O–H groups in total. The number of nitrogens with one attached hydrogen (secondary N) is 1. The minimum absolute atomic E-state index is 0.189. The van der Waals surface area contributed by atoms with Crippen LogP contribution in [0.2, 0.25) is 0 Å². The minimum atomic E-state index is -3.59. The van der Waals surface area contributed by atoms with Crippen molar-refractivity contribution in [1.82, 2.24) is 8.61 Å². The fraction of sp³-hybridized carbons (Fsp3) is 0.611. The van der Waals surface area contributed by atoms with E-state index >= 15 is 0 Å². The average molecular weight is 368 g/mol. The van der Waals surface area contributed by atoms with Gasteiger partial charge in [-0.25, -0.2) is 0 Å². The Balaban J connectivity index is 2.04. The fourth-order valence-electron chi connectivity index (χ4n) is 3.31. The van der Waals surface area contributed by atoms with Gasteiger partial charge in [-0.1, -0.05) is 30.5 Å². The normalized spacial score (nSPS) is 16.7. The van der Waals surface area contributed by atoms with Crippen molar-refractivity contribution in [2.45, 2.75) is 46.5 Å². The first-order valence-corrected chi connectivity index (χ1v) is 10.2. The highest BCUT2D eigenvalue weighted by molar-refractivity contribution is 7.86. The minimum Gasteiger partial charge on any atom is -0.324 e. The summed E-state index contributed by atoms with van der Waals surface area (Å²) in [5.41, 5.74) is 3.85. The molecule has 1 aliphatic rings. The number of benzene rings is 1. The van der Waals surface area contributed by atoms with Crippen molar-refractivity contribution in [1.29, 1.82) is 0 Å². The summed E-state index contributed by atoms with van der Waals surface area (Å²) < 4.78 is 28.0. The first-order chi connectivity index (χ1) is 11.7. The number of hydrogen-bond acceptors (Lipinski definition) is 3. The van der Waals surface area contributed by atoms with Crippen LogP contribution in [-0.4, -0.2) is 49.6 Å². The lowest BCUT2D eigenvalue weighted by molar-refractivity contribution is -0.116. The number of anilines is 1. The summed E-state index contributed by atoms with van der Waals surface area (Å²) in [7, 11) is -2.13. The van der Waals surface area contributed by atoms with Crippen LogP contribution in [0.1, 0.15) is 42.4 Å². The summed E-state index contributed by atoms with van der Waals surface area (Å²) in [6.45, 7) is 6.76. The third kappa shape index (κ3) is 5.03. The SMILES string of the molecule is Cc1cc(C)c(NC(=O)CN(C)S(=O)(=O)N2CCCCCC2)c(C)c1. The van der Waals surface area contributed by atoms with Crippen LogP contribution < -0.4 is 5.32 Å². The second-order valence-corrected chi connectivity index (χ2v) is 8.93. The van der Waals surface area contributed by atoms with E-state index in [-0.39, 0.29) is 12.5 Å². The summed E-state index contributed by atoms with van der Waals surface area (Å²) in [5.74, 6) is -0.323. The number of rotatable bonds is 5. The summed E-state index contributed by atoms with van der Waals surface area (Å²) in [4.78, 5) is 12.4. The Labute approximate surface area is 151 Å². The van der Waals surface area contributed by atoms with Gasteiger partial charge in [0, 0.05) is 25.8 Å². The zero-order valence-electron chi connectivity index (χ0n) is 15.6. The lowest BCUT2D eigenvalue weighted by Crippen LogP contribution is -2.45. The molecule has 0 spiro atoms. The third-order valence-electron chi connectivity index (χ3n) is 4.59. The van der Waals surface area contributed by atoms with E-state index < -0.39 is 10.2 Å². The number of aryl methyl sites for hydroxylation is 3. The van der Waals surface area contributed by atoms with Crippen LogP contribution in [0.4, 0.5) is 5.69 Å². The molecule has 6 nitrogen and oxygen atoms in total. The molecule has 0 saturated carbocycles. The van der Waals surface area contributed by atoms with Gasteiger partial charge < -0.3 is 5.32 Å². The van der Waals surface area contributed by atoms with Crippen molar-refractivity contribution in [3.05, 3.63) is 28.8 Å². The molecule has 0 aromatic heterocycles. The molecule has 0 unspecified atom stereocenters. The highest BCUT2D eigenvalue weighted by Crippen LogP contribution is 2.22. The first-order valence-electron chi connectivity index (χ1n) is 8.81. The molecule has 1 amide bonds. The van der Waals surface area contributed by atoms with Crippen LogP contribution >= 0.6 is 0 Å². The van der Waals surface area contributed by atoms with Gasteiger partial charge in [-0.15, -0.1) is 0 Å². The molecular weight excluding hydrogens is 338 g/mol. The van der Waals surface area contributed by atoms with Crippen LogP contribution in [0.5, 0.6) is 0 Å². The Morgan fingerprint density at radius 1 is 1.08 bits per heavy atom. The van der Waals surface area contributed by atoms with Crippen molar-refractivity contribution in [3.63, 3.8) is 0 Å². The zero-order chi connectivity index (χ0) is 18.6. The highest BCUT2D eigenvalue weighted by Gasteiger charge is 2.28. The van der Waals surface area contributed by atoms with E-state index in [1.807, 2.05) is 32.9 Å². The van der Waals surface area contributed by atoms with E-state index in [0.717, 1.165) is 52.4 Å². The lowest BCUT2D eigenvalue weighted by atomic mass is 10.1. The number of hydrogen-bond donors (Lipinski definition) is 1. The van der Waals surface area contributed by atoms with Crippen molar-refractivity contribution < 1.29 is 13.2 Å². The van der Waals surface area contributed by atoms with Crippen LogP contribution in [0.15, 0.2) is 12.1 Å². The van der Waals surface area contributed by atoms with E-state index in [0.29, 0.717) is 13.1 Å². The van der Waals surface area contributed by atoms with E-state index in [2.05, 4.69) is 5.32 Å². The standard InChI is InChI=1S/C18H29N3O3S/c1-14-11-15(2)18(16(3)12-14)19-17(22)13-20(4)25(23,24)21-9-7-5-6-8-10-21/h11-12H,5-10,13H2,1-4H3,(H,19,22). The van der Waals surface area contributed by atoms with Gasteiger partial charge in [0.05, 0.1) is 6.54 Å². The molecule has 140 valence electrons. The first kappa shape index (κ1) is 19.9. The predicted octanol–water partition coefficient (Wildman–Crippen LogP) is 2.60. The van der Waals surface area contributed by atoms with E-state index in [4.69, 9.17) is 0 Å². The van der Waals surface area contributed by atoms with Crippen molar-refractivity contribution in [2.24, 2.45) is 0 Å². The number of carbonyl (C=O) groups excluding carboxylic acids is 1. The van der Waals surface area contributed by atoms with Crippen LogP contribution in [-0.2, 0) is 15.0 Å². The van der Waals surface area contributed by atoms with E-state index in [1.54, 1.807) is 0 Å². The fourth-order valence-corrected chi connectivity index (χ4v) is 4.70. The van der Waals surface area contributed by atoms with Crippen molar-refractivity contribution in [3.8, 4) is 0 Å². The molecule has 0 atom stereocenters. The van der Waals surface area contributed by atoms with Crippen LogP contribution in [0.3, 0.4) is 0 Å². The van der Waals surface area contributed by atoms with Crippen LogP contribution in [0.25, 0.3) is 0 Å². The summed E-state index contributed by atoms with van der Waals surface area (Å²) in [6, 6.07) is 4.00. The Hall–Kier alpha value is -1.44. The molecule has 7 heteroatoms. The molecule has 1 heterocycles. The molecule has 1 saturated heterocycles. The molecule has 2 rings (SSSR count). The van der Waals surface area contributed by atoms with Gasteiger partial charge in [0.15, 0.2) is 0 Å². The molecule has 1 aromatic carbocycles. The Kier molecular flexibility index (Phi) is 6.59.